The Kier molecular flexibility index (Phi) is 3.88. The zero-order valence-corrected chi connectivity index (χ0v) is 12.1. The zero-order chi connectivity index (χ0) is 15.6. The highest BCUT2D eigenvalue weighted by molar-refractivity contribution is 5.92. The van der Waals surface area contributed by atoms with Crippen LogP contribution in [0.1, 0.15) is 20.8 Å². The van der Waals surface area contributed by atoms with Crippen molar-refractivity contribution in [2.45, 2.75) is 20.8 Å². The number of hydrogen-bond acceptors (Lipinski definition) is 5. The third-order valence-electron chi connectivity index (χ3n) is 3.10. The summed E-state index contributed by atoms with van der Waals surface area (Å²) in [7, 11) is 0. The largest absolute Gasteiger partial charge is 0.485 e. The third kappa shape index (κ3) is 3.16. The van der Waals surface area contributed by atoms with Gasteiger partial charge in [0.15, 0.2) is 11.3 Å². The Morgan fingerprint density at radius 2 is 2.05 bits per heavy atom. The number of ketones is 1. The van der Waals surface area contributed by atoms with Gasteiger partial charge in [-0.05, 0) is 18.2 Å². The van der Waals surface area contributed by atoms with Crippen LogP contribution in [0, 0.1) is 15.5 Å². The van der Waals surface area contributed by atoms with Crippen molar-refractivity contribution < 1.29 is 14.5 Å². The molecule has 6 heteroatoms. The highest BCUT2D eigenvalue weighted by Gasteiger charge is 2.22. The van der Waals surface area contributed by atoms with Crippen LogP contribution in [0.15, 0.2) is 30.5 Å². The number of ether oxygens (including phenoxy) is 1. The Morgan fingerprint density at radius 1 is 1.33 bits per heavy atom. The number of Topliss-reactive ketones (excluding diaryl/α,β-unsaturated/α-hetero) is 1. The predicted molar refractivity (Wildman–Crippen MR) is 78.4 cm³/mol. The fourth-order valence-electron chi connectivity index (χ4n) is 1.76. The molecule has 2 rings (SSSR count). The Morgan fingerprint density at radius 3 is 2.67 bits per heavy atom. The van der Waals surface area contributed by atoms with Gasteiger partial charge >= 0.3 is 0 Å². The summed E-state index contributed by atoms with van der Waals surface area (Å²) in [6.07, 6.45) is 1.49. The zero-order valence-electron chi connectivity index (χ0n) is 12.1. The molecule has 110 valence electrons. The van der Waals surface area contributed by atoms with Crippen molar-refractivity contribution in [1.82, 2.24) is 4.98 Å². The van der Waals surface area contributed by atoms with Crippen LogP contribution in [0.5, 0.6) is 5.75 Å². The number of nitro benzene ring substituents is 1. The molecule has 0 aliphatic heterocycles. The molecule has 0 fully saturated rings. The Labute approximate surface area is 121 Å². The molecule has 1 heterocycles. The topological polar surface area (TPSA) is 82.3 Å². The van der Waals surface area contributed by atoms with E-state index in [4.69, 9.17) is 4.74 Å². The molecule has 0 saturated heterocycles. The molecule has 0 atom stereocenters. The van der Waals surface area contributed by atoms with Crippen LogP contribution in [0.25, 0.3) is 10.9 Å². The minimum Gasteiger partial charge on any atom is -0.485 e. The molecule has 0 aliphatic carbocycles. The van der Waals surface area contributed by atoms with Gasteiger partial charge in [-0.15, -0.1) is 0 Å². The van der Waals surface area contributed by atoms with Crippen LogP contribution in [0.2, 0.25) is 0 Å². The molecule has 1 aromatic heterocycles. The van der Waals surface area contributed by atoms with Crippen molar-refractivity contribution in [3.63, 3.8) is 0 Å². The van der Waals surface area contributed by atoms with Crippen molar-refractivity contribution in [2.24, 2.45) is 5.41 Å². The Bertz CT molecular complexity index is 704. The molecule has 0 unspecified atom stereocenters. The van der Waals surface area contributed by atoms with Crippen LogP contribution < -0.4 is 4.74 Å². The highest BCUT2D eigenvalue weighted by atomic mass is 16.6. The minimum atomic E-state index is -0.491. The molecular formula is C15H16N2O4. The van der Waals surface area contributed by atoms with Gasteiger partial charge < -0.3 is 4.74 Å². The van der Waals surface area contributed by atoms with Crippen molar-refractivity contribution >= 4 is 22.4 Å². The number of pyridine rings is 1. The van der Waals surface area contributed by atoms with E-state index in [9.17, 15) is 14.9 Å². The number of carbonyl (C=O) groups excluding carboxylic acids is 1. The molecule has 21 heavy (non-hydrogen) atoms. The molecule has 0 saturated carbocycles. The maximum atomic E-state index is 11.9. The number of rotatable bonds is 4. The SMILES string of the molecule is CC(C)(C)C(=O)COc1ccc([N+](=O)[O-])c2ncccc12. The van der Waals surface area contributed by atoms with E-state index in [2.05, 4.69) is 4.98 Å². The molecule has 0 N–H and O–H groups in total. The van der Waals surface area contributed by atoms with Gasteiger partial charge in [0.1, 0.15) is 12.4 Å². The molecule has 0 bridgehead atoms. The summed E-state index contributed by atoms with van der Waals surface area (Å²) in [6, 6.07) is 6.20. The number of hydrogen-bond donors (Lipinski definition) is 0. The number of nitro groups is 1. The maximum absolute atomic E-state index is 11.9. The van der Waals surface area contributed by atoms with E-state index in [0.717, 1.165) is 0 Å². The second-order valence-electron chi connectivity index (χ2n) is 5.70. The lowest BCUT2D eigenvalue weighted by molar-refractivity contribution is -0.383. The summed E-state index contributed by atoms with van der Waals surface area (Å²) in [5, 5.41) is 11.5. The smallest absolute Gasteiger partial charge is 0.295 e. The third-order valence-corrected chi connectivity index (χ3v) is 3.10. The quantitative estimate of drug-likeness (QED) is 0.637. The summed E-state index contributed by atoms with van der Waals surface area (Å²) < 4.78 is 5.53. The Balaban J connectivity index is 2.36. The molecular weight excluding hydrogens is 272 g/mol. The lowest BCUT2D eigenvalue weighted by Crippen LogP contribution is -2.26. The molecule has 0 aliphatic rings. The van der Waals surface area contributed by atoms with Gasteiger partial charge in [-0.25, -0.2) is 4.98 Å². The van der Waals surface area contributed by atoms with Crippen LogP contribution in [0.3, 0.4) is 0 Å². The minimum absolute atomic E-state index is 0.0436. The lowest BCUT2D eigenvalue weighted by Gasteiger charge is -2.17. The van der Waals surface area contributed by atoms with Gasteiger partial charge in [-0.1, -0.05) is 20.8 Å². The first-order chi connectivity index (χ1) is 9.80. The normalized spacial score (nSPS) is 11.4. The first-order valence-corrected chi connectivity index (χ1v) is 6.49. The average Bonchev–Trinajstić information content (AvgIpc) is 2.42. The standard InChI is InChI=1S/C15H16N2O4/c1-15(2,3)13(18)9-21-12-7-6-11(17(19)20)14-10(12)5-4-8-16-14/h4-8H,9H2,1-3H3. The summed E-state index contributed by atoms with van der Waals surface area (Å²) in [5.41, 5.74) is -0.322. The molecule has 6 nitrogen and oxygen atoms in total. The van der Waals surface area contributed by atoms with Gasteiger partial charge in [0.2, 0.25) is 0 Å². The van der Waals surface area contributed by atoms with E-state index in [1.165, 1.54) is 18.3 Å². The van der Waals surface area contributed by atoms with E-state index in [1.807, 2.05) is 20.8 Å². The first-order valence-electron chi connectivity index (χ1n) is 6.49. The summed E-state index contributed by atoms with van der Waals surface area (Å²) >= 11 is 0. The van der Waals surface area contributed by atoms with Gasteiger partial charge in [0, 0.05) is 23.1 Å². The maximum Gasteiger partial charge on any atom is 0.295 e. The van der Waals surface area contributed by atoms with Crippen LogP contribution in [0.4, 0.5) is 5.69 Å². The Hall–Kier alpha value is -2.50. The van der Waals surface area contributed by atoms with Gasteiger partial charge in [0.25, 0.3) is 5.69 Å². The molecule has 2 aromatic rings. The molecule has 0 amide bonds. The second-order valence-corrected chi connectivity index (χ2v) is 5.70. The van der Waals surface area contributed by atoms with Gasteiger partial charge in [0.05, 0.1) is 4.92 Å². The number of fused-ring (bicyclic) bond motifs is 1. The second kappa shape index (κ2) is 5.47. The van der Waals surface area contributed by atoms with Crippen molar-refractivity contribution in [2.75, 3.05) is 6.61 Å². The average molecular weight is 288 g/mol. The lowest BCUT2D eigenvalue weighted by atomic mass is 9.91. The van der Waals surface area contributed by atoms with Crippen molar-refractivity contribution in [3.05, 3.63) is 40.6 Å². The van der Waals surface area contributed by atoms with E-state index < -0.39 is 10.3 Å². The fourth-order valence-corrected chi connectivity index (χ4v) is 1.76. The number of carbonyl (C=O) groups is 1. The number of benzene rings is 1. The van der Waals surface area contributed by atoms with Crippen LogP contribution >= 0.6 is 0 Å². The summed E-state index contributed by atoms with van der Waals surface area (Å²) in [6.45, 7) is 5.36. The highest BCUT2D eigenvalue weighted by Crippen LogP contribution is 2.31. The molecule has 0 spiro atoms. The summed E-state index contributed by atoms with van der Waals surface area (Å²) in [4.78, 5) is 26.4. The van der Waals surface area contributed by atoms with E-state index in [-0.39, 0.29) is 23.6 Å². The number of aromatic nitrogens is 1. The van der Waals surface area contributed by atoms with Gasteiger partial charge in [-0.2, -0.15) is 0 Å². The van der Waals surface area contributed by atoms with E-state index in [1.54, 1.807) is 12.1 Å². The van der Waals surface area contributed by atoms with Crippen molar-refractivity contribution in [3.8, 4) is 5.75 Å². The van der Waals surface area contributed by atoms with Crippen LogP contribution in [-0.4, -0.2) is 22.3 Å². The van der Waals surface area contributed by atoms with E-state index in [0.29, 0.717) is 11.1 Å². The summed E-state index contributed by atoms with van der Waals surface area (Å²) in [5.74, 6) is 0.374. The molecule has 0 radical (unpaired) electrons. The van der Waals surface area contributed by atoms with Crippen LogP contribution in [-0.2, 0) is 4.79 Å². The van der Waals surface area contributed by atoms with E-state index >= 15 is 0 Å². The first kappa shape index (κ1) is 14.9. The fraction of sp³-hybridized carbons (Fsp3) is 0.333. The van der Waals surface area contributed by atoms with Crippen molar-refractivity contribution in [1.29, 1.82) is 0 Å². The monoisotopic (exact) mass is 288 g/mol. The predicted octanol–water partition coefficient (Wildman–Crippen LogP) is 3.14. The molecule has 1 aromatic carbocycles. The number of nitrogens with zero attached hydrogens (tertiary/aromatic N) is 2. The van der Waals surface area contributed by atoms with Gasteiger partial charge in [-0.3, -0.25) is 14.9 Å². The number of non-ortho nitro benzene ring substituents is 1.